The van der Waals surface area contributed by atoms with E-state index in [-0.39, 0.29) is 5.91 Å². The number of hydrogen-bond donors (Lipinski definition) is 1. The van der Waals surface area contributed by atoms with Crippen molar-refractivity contribution in [3.63, 3.8) is 0 Å². The normalized spacial score (nSPS) is 11.9. The molecule has 0 aliphatic heterocycles. The van der Waals surface area contributed by atoms with Crippen LogP contribution >= 0.6 is 0 Å². The fourth-order valence-electron chi connectivity index (χ4n) is 3.31. The molecule has 3 rings (SSSR count). The summed E-state index contributed by atoms with van der Waals surface area (Å²) in [6.45, 7) is 7.52. The lowest BCUT2D eigenvalue weighted by molar-refractivity contribution is -0.123. The first-order chi connectivity index (χ1) is 13.9. The van der Waals surface area contributed by atoms with Gasteiger partial charge >= 0.3 is 5.97 Å². The first-order valence-corrected chi connectivity index (χ1v) is 9.93. The van der Waals surface area contributed by atoms with Crippen LogP contribution in [0.1, 0.15) is 48.0 Å². The number of rotatable bonds is 6. The van der Waals surface area contributed by atoms with E-state index in [0.717, 1.165) is 28.6 Å². The molecule has 5 heteroatoms. The van der Waals surface area contributed by atoms with Crippen LogP contribution in [-0.4, -0.2) is 23.0 Å². The van der Waals surface area contributed by atoms with Crippen molar-refractivity contribution in [3.05, 3.63) is 70.9 Å². The van der Waals surface area contributed by atoms with Gasteiger partial charge in [0.05, 0.1) is 11.1 Å². The number of anilines is 1. The number of para-hydroxylation sites is 1. The highest BCUT2D eigenvalue weighted by Gasteiger charge is 2.23. The number of carbonyl (C=O) groups excluding carboxylic acids is 2. The number of aryl methyl sites for hydroxylation is 2. The highest BCUT2D eigenvalue weighted by molar-refractivity contribution is 6.06. The van der Waals surface area contributed by atoms with Crippen molar-refractivity contribution < 1.29 is 14.3 Å². The molecule has 2 aromatic carbocycles. The standard InChI is InChI=1S/C24H26N2O3/c1-5-17-11-13-18(14-12-17)25-23(27)16(4)29-24(28)22-15(3)20(6-2)26-21-10-8-7-9-19(21)22/h7-14,16H,5-6H2,1-4H3,(H,25,27). The van der Waals surface area contributed by atoms with Crippen LogP contribution < -0.4 is 5.32 Å². The lowest BCUT2D eigenvalue weighted by Gasteiger charge is -2.17. The summed E-state index contributed by atoms with van der Waals surface area (Å²) in [6, 6.07) is 15.1. The zero-order valence-corrected chi connectivity index (χ0v) is 17.3. The lowest BCUT2D eigenvalue weighted by Crippen LogP contribution is -2.30. The smallest absolute Gasteiger partial charge is 0.339 e. The third-order valence-corrected chi connectivity index (χ3v) is 5.06. The molecular formula is C24H26N2O3. The average molecular weight is 390 g/mol. The molecule has 1 aromatic heterocycles. The Bertz CT molecular complexity index is 1040. The predicted octanol–water partition coefficient (Wildman–Crippen LogP) is 4.85. The molecule has 0 saturated carbocycles. The van der Waals surface area contributed by atoms with Crippen molar-refractivity contribution in [3.8, 4) is 0 Å². The molecular weight excluding hydrogens is 364 g/mol. The monoisotopic (exact) mass is 390 g/mol. The minimum Gasteiger partial charge on any atom is -0.449 e. The Morgan fingerprint density at radius 1 is 1.03 bits per heavy atom. The summed E-state index contributed by atoms with van der Waals surface area (Å²) in [5, 5.41) is 3.53. The summed E-state index contributed by atoms with van der Waals surface area (Å²) in [7, 11) is 0. The maximum atomic E-state index is 13.0. The van der Waals surface area contributed by atoms with Gasteiger partial charge in [0.2, 0.25) is 0 Å². The van der Waals surface area contributed by atoms with Crippen molar-refractivity contribution in [1.29, 1.82) is 0 Å². The van der Waals surface area contributed by atoms with Gasteiger partial charge < -0.3 is 10.1 Å². The number of aromatic nitrogens is 1. The van der Waals surface area contributed by atoms with Gasteiger partial charge in [-0.25, -0.2) is 4.79 Å². The summed E-state index contributed by atoms with van der Waals surface area (Å²) in [5.41, 5.74) is 4.72. The molecule has 1 unspecified atom stereocenters. The van der Waals surface area contributed by atoms with Crippen LogP contribution in [0.4, 0.5) is 5.69 Å². The van der Waals surface area contributed by atoms with E-state index >= 15 is 0 Å². The van der Waals surface area contributed by atoms with E-state index < -0.39 is 12.1 Å². The number of benzene rings is 2. The molecule has 5 nitrogen and oxygen atoms in total. The summed E-state index contributed by atoms with van der Waals surface area (Å²) < 4.78 is 5.52. The molecule has 0 fully saturated rings. The minimum absolute atomic E-state index is 0.366. The summed E-state index contributed by atoms with van der Waals surface area (Å²) in [6.07, 6.45) is 0.715. The zero-order chi connectivity index (χ0) is 21.0. The van der Waals surface area contributed by atoms with Crippen molar-refractivity contribution in [2.75, 3.05) is 5.32 Å². The largest absolute Gasteiger partial charge is 0.449 e. The molecule has 0 bridgehead atoms. The highest BCUT2D eigenvalue weighted by Crippen LogP contribution is 2.25. The quantitative estimate of drug-likeness (QED) is 0.611. The molecule has 1 heterocycles. The molecule has 3 aromatic rings. The number of pyridine rings is 1. The van der Waals surface area contributed by atoms with Crippen molar-refractivity contribution >= 4 is 28.5 Å². The summed E-state index contributed by atoms with van der Waals surface area (Å²) in [4.78, 5) is 30.1. The molecule has 1 atom stereocenters. The van der Waals surface area contributed by atoms with E-state index in [1.807, 2.05) is 62.4 Å². The zero-order valence-electron chi connectivity index (χ0n) is 17.3. The fraction of sp³-hybridized carbons (Fsp3) is 0.292. The van der Waals surface area contributed by atoms with Gasteiger partial charge in [-0.3, -0.25) is 9.78 Å². The maximum absolute atomic E-state index is 13.0. The number of nitrogens with one attached hydrogen (secondary N) is 1. The van der Waals surface area contributed by atoms with E-state index in [1.165, 1.54) is 5.56 Å². The van der Waals surface area contributed by atoms with Gasteiger partial charge in [0.1, 0.15) is 0 Å². The third kappa shape index (κ3) is 4.45. The number of ether oxygens (including phenoxy) is 1. The Hall–Kier alpha value is -3.21. The van der Waals surface area contributed by atoms with Gasteiger partial charge in [0.15, 0.2) is 6.10 Å². The van der Waals surface area contributed by atoms with E-state index in [0.29, 0.717) is 17.7 Å². The molecule has 0 aliphatic rings. The minimum atomic E-state index is -0.926. The molecule has 0 saturated heterocycles. The van der Waals surface area contributed by atoms with E-state index in [1.54, 1.807) is 6.92 Å². The summed E-state index contributed by atoms with van der Waals surface area (Å²) in [5.74, 6) is -0.880. The molecule has 29 heavy (non-hydrogen) atoms. The number of carbonyl (C=O) groups is 2. The van der Waals surface area contributed by atoms with Gasteiger partial charge in [-0.1, -0.05) is 44.2 Å². The van der Waals surface area contributed by atoms with Crippen LogP contribution in [0.2, 0.25) is 0 Å². The topological polar surface area (TPSA) is 68.3 Å². The van der Waals surface area contributed by atoms with E-state index in [2.05, 4.69) is 17.2 Å². The van der Waals surface area contributed by atoms with Crippen molar-refractivity contribution in [2.24, 2.45) is 0 Å². The van der Waals surface area contributed by atoms with Crippen LogP contribution in [0.5, 0.6) is 0 Å². The Kier molecular flexibility index (Phi) is 6.27. The Morgan fingerprint density at radius 2 is 1.72 bits per heavy atom. The number of fused-ring (bicyclic) bond motifs is 1. The number of amides is 1. The summed E-state index contributed by atoms with van der Waals surface area (Å²) >= 11 is 0. The number of nitrogens with zero attached hydrogens (tertiary/aromatic N) is 1. The SMILES string of the molecule is CCc1ccc(NC(=O)C(C)OC(=O)c2c(C)c(CC)nc3ccccc23)cc1. The fourth-order valence-corrected chi connectivity index (χ4v) is 3.31. The molecule has 0 spiro atoms. The Morgan fingerprint density at radius 3 is 2.38 bits per heavy atom. The molecule has 1 N–H and O–H groups in total. The highest BCUT2D eigenvalue weighted by atomic mass is 16.5. The van der Waals surface area contributed by atoms with Crippen LogP contribution in [0.15, 0.2) is 48.5 Å². The predicted molar refractivity (Wildman–Crippen MR) is 115 cm³/mol. The maximum Gasteiger partial charge on any atom is 0.339 e. The second-order valence-electron chi connectivity index (χ2n) is 7.02. The van der Waals surface area contributed by atoms with Crippen LogP contribution in [0.25, 0.3) is 10.9 Å². The Labute approximate surface area is 171 Å². The van der Waals surface area contributed by atoms with E-state index in [4.69, 9.17) is 4.74 Å². The van der Waals surface area contributed by atoms with Crippen LogP contribution in [-0.2, 0) is 22.4 Å². The molecule has 150 valence electrons. The van der Waals surface area contributed by atoms with E-state index in [9.17, 15) is 9.59 Å². The van der Waals surface area contributed by atoms with Gasteiger partial charge in [-0.15, -0.1) is 0 Å². The third-order valence-electron chi connectivity index (χ3n) is 5.06. The molecule has 0 radical (unpaired) electrons. The molecule has 0 aliphatic carbocycles. The van der Waals surface area contributed by atoms with Gasteiger partial charge in [0.25, 0.3) is 5.91 Å². The molecule has 1 amide bonds. The van der Waals surface area contributed by atoms with Gasteiger partial charge in [-0.05, 0) is 56.0 Å². The second-order valence-corrected chi connectivity index (χ2v) is 7.02. The van der Waals surface area contributed by atoms with Gasteiger partial charge in [-0.2, -0.15) is 0 Å². The van der Waals surface area contributed by atoms with Gasteiger partial charge in [0, 0.05) is 16.8 Å². The van der Waals surface area contributed by atoms with Crippen molar-refractivity contribution in [2.45, 2.75) is 46.6 Å². The first-order valence-electron chi connectivity index (χ1n) is 9.93. The first kappa shape index (κ1) is 20.5. The number of hydrogen-bond acceptors (Lipinski definition) is 4. The second kappa shape index (κ2) is 8.86. The van der Waals surface area contributed by atoms with Crippen LogP contribution in [0.3, 0.4) is 0 Å². The Balaban J connectivity index is 1.80. The lowest BCUT2D eigenvalue weighted by atomic mass is 10.0. The number of esters is 1. The van der Waals surface area contributed by atoms with Crippen molar-refractivity contribution in [1.82, 2.24) is 4.98 Å². The van der Waals surface area contributed by atoms with Crippen LogP contribution in [0, 0.1) is 6.92 Å². The average Bonchev–Trinajstić information content (AvgIpc) is 2.73.